The van der Waals surface area contributed by atoms with Crippen LogP contribution in [0.1, 0.15) is 90.2 Å². The minimum Gasteiger partial charge on any atom is -0.325 e. The molecule has 4 amide bonds. The molecule has 6 fully saturated rings. The van der Waals surface area contributed by atoms with Gasteiger partial charge < -0.3 is 30.2 Å². The van der Waals surface area contributed by atoms with E-state index in [4.69, 9.17) is 0 Å². The maximum absolute atomic E-state index is 12.5. The summed E-state index contributed by atoms with van der Waals surface area (Å²) in [6.07, 6.45) is 10.2. The number of piperazine rings is 2. The topological polar surface area (TPSA) is 77.6 Å². The Morgan fingerprint density at radius 2 is 1.04 bits per heavy atom. The zero-order chi connectivity index (χ0) is 39.5. The number of carbonyl (C=O) groups is 2. The summed E-state index contributed by atoms with van der Waals surface area (Å²) in [6, 6.07) is 22.5. The van der Waals surface area contributed by atoms with E-state index in [1.807, 2.05) is 14.7 Å². The van der Waals surface area contributed by atoms with Crippen LogP contribution in [0.4, 0.5) is 9.59 Å². The van der Waals surface area contributed by atoms with E-state index in [1.165, 1.54) is 75.8 Å². The van der Waals surface area contributed by atoms with Crippen molar-refractivity contribution in [3.05, 3.63) is 71.8 Å². The monoisotopic (exact) mass is 773 g/mol. The lowest BCUT2D eigenvalue weighted by Gasteiger charge is -2.41. The second-order valence-corrected chi connectivity index (χ2v) is 17.4. The van der Waals surface area contributed by atoms with Crippen LogP contribution in [-0.2, 0) is 13.1 Å². The van der Waals surface area contributed by atoms with Crippen LogP contribution in [0.15, 0.2) is 60.7 Å². The van der Waals surface area contributed by atoms with Gasteiger partial charge in [0.15, 0.2) is 0 Å². The lowest BCUT2D eigenvalue weighted by molar-refractivity contribution is 0.0815. The average Bonchev–Trinajstić information content (AvgIpc) is 3.96. The molecule has 10 nitrogen and oxygen atoms in total. The summed E-state index contributed by atoms with van der Waals surface area (Å²) in [5.41, 5.74) is 2.80. The molecule has 2 N–H and O–H groups in total. The standard InChI is InChI=1S/C17H25N3O.C13H19N.C10H19N3O.C6H13N/c1-15-13-18(14-16-7-3-2-4-8-16)11-12-20(15)17(21)19-9-5-6-10-19;1-12-6-5-9-14(10-12)11-13-7-3-2-4-8-13;1-9-8-11-4-7-13(9)10(14)12-5-2-3-6-12;1-6-3-2-4-7-5-6/h2-4,7-8,15H,5-6,9-14H2,1H3;2-4,7-8,12H,5-6,9-11H2,1H3;9,11H,2-8H2,1H3;6-7H,2-5H2,1H3. The van der Waals surface area contributed by atoms with Crippen molar-refractivity contribution in [3.8, 4) is 0 Å². The zero-order valence-electron chi connectivity index (χ0n) is 35.6. The van der Waals surface area contributed by atoms with Crippen molar-refractivity contribution in [1.29, 1.82) is 0 Å². The second kappa shape index (κ2) is 23.9. The average molecular weight is 773 g/mol. The predicted octanol–water partition coefficient (Wildman–Crippen LogP) is 6.83. The molecule has 0 spiro atoms. The Morgan fingerprint density at radius 3 is 1.50 bits per heavy atom. The molecule has 312 valence electrons. The molecule has 10 heteroatoms. The molecule has 0 radical (unpaired) electrons. The SMILES string of the molecule is CC1CCCN(Cc2ccccc2)C1.CC1CCCNC1.CC1CN(Cc2ccccc2)CCN1C(=O)N1CCCC1.CC1CNCCN1C(=O)N1CCCC1. The molecule has 6 aliphatic heterocycles. The van der Waals surface area contributed by atoms with Crippen LogP contribution in [0.25, 0.3) is 0 Å². The molecule has 0 bridgehead atoms. The molecule has 0 aliphatic carbocycles. The third kappa shape index (κ3) is 14.6. The van der Waals surface area contributed by atoms with Gasteiger partial charge in [-0.1, -0.05) is 74.5 Å². The molecule has 2 aromatic rings. The number of nitrogens with one attached hydrogen (secondary N) is 2. The molecule has 6 aliphatic rings. The summed E-state index contributed by atoms with van der Waals surface area (Å²) in [5.74, 6) is 1.81. The molecule has 0 saturated carbocycles. The summed E-state index contributed by atoms with van der Waals surface area (Å²) in [7, 11) is 0. The Balaban J connectivity index is 0.000000151. The van der Waals surface area contributed by atoms with E-state index >= 15 is 0 Å². The first-order chi connectivity index (χ1) is 27.3. The number of piperidine rings is 2. The molecule has 6 heterocycles. The van der Waals surface area contributed by atoms with Gasteiger partial charge in [-0.3, -0.25) is 9.80 Å². The fourth-order valence-corrected chi connectivity index (χ4v) is 8.91. The van der Waals surface area contributed by atoms with Crippen molar-refractivity contribution in [1.82, 2.24) is 40.0 Å². The van der Waals surface area contributed by atoms with Crippen LogP contribution in [0, 0.1) is 11.8 Å². The summed E-state index contributed by atoms with van der Waals surface area (Å²) in [6.45, 7) is 25.4. The number of likely N-dealkylation sites (tertiary alicyclic amines) is 3. The highest BCUT2D eigenvalue weighted by Gasteiger charge is 2.31. The van der Waals surface area contributed by atoms with Gasteiger partial charge in [0, 0.05) is 97.2 Å². The van der Waals surface area contributed by atoms with E-state index in [1.54, 1.807) is 0 Å². The van der Waals surface area contributed by atoms with Gasteiger partial charge in [-0.25, -0.2) is 9.59 Å². The first-order valence-electron chi connectivity index (χ1n) is 22.3. The molecule has 8 rings (SSSR count). The quantitative estimate of drug-likeness (QED) is 0.355. The van der Waals surface area contributed by atoms with Crippen molar-refractivity contribution >= 4 is 12.1 Å². The van der Waals surface area contributed by atoms with Crippen molar-refractivity contribution in [3.63, 3.8) is 0 Å². The van der Waals surface area contributed by atoms with Gasteiger partial charge in [-0.05, 0) is 108 Å². The van der Waals surface area contributed by atoms with E-state index in [2.05, 4.69) is 114 Å². The van der Waals surface area contributed by atoms with Crippen LogP contribution in [0.2, 0.25) is 0 Å². The summed E-state index contributed by atoms with van der Waals surface area (Å²) in [4.78, 5) is 37.6. The maximum atomic E-state index is 12.5. The summed E-state index contributed by atoms with van der Waals surface area (Å²) in [5, 5.41) is 6.63. The molecule has 4 unspecified atom stereocenters. The highest BCUT2D eigenvalue weighted by Crippen LogP contribution is 2.19. The minimum atomic E-state index is 0.247. The highest BCUT2D eigenvalue weighted by atomic mass is 16.2. The van der Waals surface area contributed by atoms with Crippen LogP contribution in [-0.4, -0.2) is 145 Å². The van der Waals surface area contributed by atoms with E-state index in [-0.39, 0.29) is 12.1 Å². The molecule has 4 atom stereocenters. The molecule has 6 saturated heterocycles. The van der Waals surface area contributed by atoms with Crippen LogP contribution in [0.3, 0.4) is 0 Å². The number of benzene rings is 2. The van der Waals surface area contributed by atoms with Crippen molar-refractivity contribution in [2.75, 3.05) is 91.6 Å². The molecular formula is C46H76N8O2. The van der Waals surface area contributed by atoms with Crippen molar-refractivity contribution < 1.29 is 9.59 Å². The third-order valence-electron chi connectivity index (χ3n) is 12.2. The van der Waals surface area contributed by atoms with E-state index in [0.717, 1.165) is 103 Å². The summed E-state index contributed by atoms with van der Waals surface area (Å²) >= 11 is 0. The molecule has 0 aromatic heterocycles. The number of rotatable bonds is 4. The van der Waals surface area contributed by atoms with Gasteiger partial charge in [0.25, 0.3) is 0 Å². The van der Waals surface area contributed by atoms with E-state index in [0.29, 0.717) is 12.1 Å². The first kappa shape index (κ1) is 43.9. The van der Waals surface area contributed by atoms with Crippen molar-refractivity contribution in [2.45, 2.75) is 104 Å². The van der Waals surface area contributed by atoms with Crippen molar-refractivity contribution in [2.24, 2.45) is 11.8 Å². The fraction of sp³-hybridized carbons (Fsp3) is 0.696. The van der Waals surface area contributed by atoms with E-state index < -0.39 is 0 Å². The van der Waals surface area contributed by atoms with Gasteiger partial charge in [-0.15, -0.1) is 0 Å². The Hall–Kier alpha value is -3.18. The third-order valence-corrected chi connectivity index (χ3v) is 12.2. The van der Waals surface area contributed by atoms with Crippen LogP contribution < -0.4 is 10.6 Å². The molecule has 56 heavy (non-hydrogen) atoms. The number of nitrogens with zero attached hydrogens (tertiary/aromatic N) is 6. The Bertz CT molecular complexity index is 1380. The molecular weight excluding hydrogens is 697 g/mol. The lowest BCUT2D eigenvalue weighted by Crippen LogP contribution is -2.56. The Labute approximate surface area is 340 Å². The van der Waals surface area contributed by atoms with Gasteiger partial charge >= 0.3 is 12.1 Å². The van der Waals surface area contributed by atoms with Crippen LogP contribution in [0.5, 0.6) is 0 Å². The number of hydrogen-bond acceptors (Lipinski definition) is 6. The second-order valence-electron chi connectivity index (χ2n) is 17.4. The Kier molecular flexibility index (Phi) is 18.8. The highest BCUT2D eigenvalue weighted by molar-refractivity contribution is 5.75. The number of carbonyl (C=O) groups excluding carboxylic acids is 2. The number of amides is 4. The number of hydrogen-bond donors (Lipinski definition) is 2. The maximum Gasteiger partial charge on any atom is 0.320 e. The Morgan fingerprint density at radius 1 is 0.518 bits per heavy atom. The normalized spacial score (nSPS) is 25.9. The van der Waals surface area contributed by atoms with Gasteiger partial charge in [0.2, 0.25) is 0 Å². The van der Waals surface area contributed by atoms with Gasteiger partial charge in [0.05, 0.1) is 0 Å². The summed E-state index contributed by atoms with van der Waals surface area (Å²) < 4.78 is 0. The van der Waals surface area contributed by atoms with Gasteiger partial charge in [-0.2, -0.15) is 0 Å². The van der Waals surface area contributed by atoms with Crippen LogP contribution >= 0.6 is 0 Å². The molecule has 2 aromatic carbocycles. The van der Waals surface area contributed by atoms with E-state index in [9.17, 15) is 9.59 Å². The van der Waals surface area contributed by atoms with Gasteiger partial charge in [0.1, 0.15) is 0 Å². The smallest absolute Gasteiger partial charge is 0.320 e. The number of urea groups is 2. The largest absolute Gasteiger partial charge is 0.325 e. The zero-order valence-corrected chi connectivity index (χ0v) is 35.6. The predicted molar refractivity (Wildman–Crippen MR) is 231 cm³/mol. The lowest BCUT2D eigenvalue weighted by atomic mass is 10.00. The minimum absolute atomic E-state index is 0.247. The first-order valence-corrected chi connectivity index (χ1v) is 22.3. The fourth-order valence-electron chi connectivity index (χ4n) is 8.91.